The Morgan fingerprint density at radius 1 is 1.29 bits per heavy atom. The van der Waals surface area contributed by atoms with Gasteiger partial charge < -0.3 is 14.8 Å². The van der Waals surface area contributed by atoms with Crippen LogP contribution in [-0.4, -0.2) is 27.8 Å². The molecule has 0 fully saturated rings. The Labute approximate surface area is 112 Å². The van der Waals surface area contributed by atoms with Crippen LogP contribution < -0.4 is 14.8 Å². The van der Waals surface area contributed by atoms with Gasteiger partial charge in [-0.05, 0) is 59.6 Å². The predicted octanol–water partition coefficient (Wildman–Crippen LogP) is 2.79. The van der Waals surface area contributed by atoms with E-state index in [1.54, 1.807) is 14.2 Å². The van der Waals surface area contributed by atoms with Gasteiger partial charge in [0.25, 0.3) is 0 Å². The number of methoxy groups -OCH3 is 2. The number of likely N-dealkylation sites (N-methyl/N-ethyl adjacent to an activating group) is 1. The highest BCUT2D eigenvalue weighted by Gasteiger charge is 2.16. The normalized spacial score (nSPS) is 10.4. The average Bonchev–Trinajstić information content (AvgIpc) is 2.35. The minimum Gasteiger partial charge on any atom is -0.493 e. The lowest BCUT2D eigenvalue weighted by atomic mass is 10.0. The van der Waals surface area contributed by atoms with Crippen molar-refractivity contribution >= 4 is 15.9 Å². The fourth-order valence-electron chi connectivity index (χ4n) is 1.90. The molecule has 0 bridgehead atoms. The molecule has 3 nitrogen and oxygen atoms in total. The summed E-state index contributed by atoms with van der Waals surface area (Å²) in [5.41, 5.74) is 2.59. The Kier molecular flexibility index (Phi) is 5.78. The maximum atomic E-state index is 5.38. The van der Waals surface area contributed by atoms with E-state index >= 15 is 0 Å². The van der Waals surface area contributed by atoms with Crippen molar-refractivity contribution in [1.82, 2.24) is 5.32 Å². The first-order valence-corrected chi connectivity index (χ1v) is 6.55. The molecule has 0 saturated heterocycles. The zero-order valence-corrected chi connectivity index (χ0v) is 12.5. The minimum absolute atomic E-state index is 0.776. The molecule has 0 aliphatic heterocycles. The van der Waals surface area contributed by atoms with Crippen LogP contribution in [-0.2, 0) is 12.8 Å². The van der Waals surface area contributed by atoms with Gasteiger partial charge in [0.1, 0.15) is 0 Å². The van der Waals surface area contributed by atoms with E-state index in [9.17, 15) is 0 Å². The second-order valence-electron chi connectivity index (χ2n) is 3.77. The molecule has 96 valence electrons. The third kappa shape index (κ3) is 3.13. The number of halogens is 1. The summed E-state index contributed by atoms with van der Waals surface area (Å²) < 4.78 is 11.8. The lowest BCUT2D eigenvalue weighted by Crippen LogP contribution is -2.12. The van der Waals surface area contributed by atoms with Crippen molar-refractivity contribution in [1.29, 1.82) is 0 Å². The van der Waals surface area contributed by atoms with Crippen LogP contribution in [0, 0.1) is 0 Å². The molecule has 1 aromatic rings. The first-order chi connectivity index (χ1) is 8.19. The van der Waals surface area contributed by atoms with Crippen molar-refractivity contribution in [2.24, 2.45) is 0 Å². The van der Waals surface area contributed by atoms with E-state index in [0.29, 0.717) is 0 Å². The van der Waals surface area contributed by atoms with Crippen molar-refractivity contribution in [2.45, 2.75) is 19.8 Å². The van der Waals surface area contributed by atoms with Crippen molar-refractivity contribution in [2.75, 3.05) is 27.8 Å². The maximum Gasteiger partial charge on any atom is 0.175 e. The summed E-state index contributed by atoms with van der Waals surface area (Å²) in [6.45, 7) is 3.10. The Bertz CT molecular complexity index is 380. The van der Waals surface area contributed by atoms with Crippen LogP contribution in [0.25, 0.3) is 0 Å². The maximum absolute atomic E-state index is 5.38. The average molecular weight is 302 g/mol. The lowest BCUT2D eigenvalue weighted by Gasteiger charge is -2.17. The monoisotopic (exact) mass is 301 g/mol. The second-order valence-corrected chi connectivity index (χ2v) is 4.56. The summed E-state index contributed by atoms with van der Waals surface area (Å²) in [4.78, 5) is 0. The molecule has 1 N–H and O–H groups in total. The van der Waals surface area contributed by atoms with Gasteiger partial charge in [0.2, 0.25) is 0 Å². The van der Waals surface area contributed by atoms with E-state index in [4.69, 9.17) is 9.47 Å². The van der Waals surface area contributed by atoms with Crippen LogP contribution in [0.15, 0.2) is 10.5 Å². The smallest absolute Gasteiger partial charge is 0.175 e. The van der Waals surface area contributed by atoms with Gasteiger partial charge in [-0.15, -0.1) is 0 Å². The molecule has 0 aromatic heterocycles. The van der Waals surface area contributed by atoms with Crippen LogP contribution in [0.4, 0.5) is 0 Å². The molecule has 1 aromatic carbocycles. The molecular weight excluding hydrogens is 282 g/mol. The molecule has 4 heteroatoms. The number of rotatable bonds is 6. The Morgan fingerprint density at radius 2 is 2.00 bits per heavy atom. The van der Waals surface area contributed by atoms with Gasteiger partial charge >= 0.3 is 0 Å². The van der Waals surface area contributed by atoms with Crippen LogP contribution in [0.2, 0.25) is 0 Å². The Balaban J connectivity index is 3.24. The van der Waals surface area contributed by atoms with Crippen molar-refractivity contribution < 1.29 is 9.47 Å². The molecule has 1 rings (SSSR count). The molecule has 0 amide bonds. The highest BCUT2D eigenvalue weighted by atomic mass is 79.9. The number of hydrogen-bond acceptors (Lipinski definition) is 3. The van der Waals surface area contributed by atoms with E-state index in [2.05, 4.69) is 34.2 Å². The van der Waals surface area contributed by atoms with Crippen LogP contribution in [0.1, 0.15) is 18.1 Å². The second kappa shape index (κ2) is 6.87. The van der Waals surface area contributed by atoms with E-state index in [-0.39, 0.29) is 0 Å². The van der Waals surface area contributed by atoms with Gasteiger partial charge in [-0.25, -0.2) is 0 Å². The molecule has 0 aliphatic carbocycles. The van der Waals surface area contributed by atoms with Crippen molar-refractivity contribution in [3.8, 4) is 11.5 Å². The van der Waals surface area contributed by atoms with Crippen LogP contribution in [0.3, 0.4) is 0 Å². The minimum atomic E-state index is 0.776. The van der Waals surface area contributed by atoms with Crippen molar-refractivity contribution in [3.63, 3.8) is 0 Å². The highest BCUT2D eigenvalue weighted by molar-refractivity contribution is 9.10. The molecule has 0 saturated carbocycles. The SMILES string of the molecule is CCc1c(CCNC)cc(OC)c(OC)c1Br. The zero-order chi connectivity index (χ0) is 12.8. The first-order valence-electron chi connectivity index (χ1n) is 5.76. The standard InChI is InChI=1S/C13H20BrNO2/c1-5-10-9(6-7-15-2)8-11(16-3)13(17-4)12(10)14/h8,15H,5-7H2,1-4H3. The third-order valence-corrected chi connectivity index (χ3v) is 3.64. The topological polar surface area (TPSA) is 30.5 Å². The fraction of sp³-hybridized carbons (Fsp3) is 0.538. The molecule has 0 heterocycles. The predicted molar refractivity (Wildman–Crippen MR) is 74.3 cm³/mol. The molecule has 0 atom stereocenters. The highest BCUT2D eigenvalue weighted by Crippen LogP contribution is 2.40. The number of ether oxygens (including phenoxy) is 2. The molecule has 0 unspecified atom stereocenters. The fourth-order valence-corrected chi connectivity index (χ4v) is 2.80. The van der Waals surface area contributed by atoms with Gasteiger partial charge in [0, 0.05) is 0 Å². The Morgan fingerprint density at radius 3 is 2.47 bits per heavy atom. The summed E-state index contributed by atoms with van der Waals surface area (Å²) in [7, 11) is 5.29. The summed E-state index contributed by atoms with van der Waals surface area (Å²) in [6.07, 6.45) is 1.96. The number of benzene rings is 1. The van der Waals surface area contributed by atoms with Crippen LogP contribution >= 0.6 is 15.9 Å². The quantitative estimate of drug-likeness (QED) is 0.876. The zero-order valence-electron chi connectivity index (χ0n) is 10.9. The van der Waals surface area contributed by atoms with Crippen LogP contribution in [0.5, 0.6) is 11.5 Å². The molecular formula is C13H20BrNO2. The van der Waals surface area contributed by atoms with E-state index in [1.165, 1.54) is 11.1 Å². The molecule has 0 aliphatic rings. The van der Waals surface area contributed by atoms with E-state index in [0.717, 1.165) is 35.4 Å². The largest absolute Gasteiger partial charge is 0.493 e. The van der Waals surface area contributed by atoms with Crippen molar-refractivity contribution in [3.05, 3.63) is 21.7 Å². The first kappa shape index (κ1) is 14.3. The molecule has 0 radical (unpaired) electrons. The third-order valence-electron chi connectivity index (χ3n) is 2.80. The van der Waals surface area contributed by atoms with E-state index in [1.807, 2.05) is 7.05 Å². The molecule has 17 heavy (non-hydrogen) atoms. The van der Waals surface area contributed by atoms with Gasteiger partial charge in [0.05, 0.1) is 18.7 Å². The number of nitrogens with one attached hydrogen (secondary N) is 1. The van der Waals surface area contributed by atoms with Gasteiger partial charge in [0.15, 0.2) is 11.5 Å². The van der Waals surface area contributed by atoms with Gasteiger partial charge in [-0.1, -0.05) is 6.92 Å². The number of hydrogen-bond donors (Lipinski definition) is 1. The summed E-state index contributed by atoms with van der Waals surface area (Å²) in [6, 6.07) is 2.07. The van der Waals surface area contributed by atoms with E-state index < -0.39 is 0 Å². The lowest BCUT2D eigenvalue weighted by molar-refractivity contribution is 0.352. The van der Waals surface area contributed by atoms with Gasteiger partial charge in [-0.2, -0.15) is 0 Å². The summed E-state index contributed by atoms with van der Waals surface area (Å²) in [5.74, 6) is 1.56. The Hall–Kier alpha value is -0.740. The molecule has 0 spiro atoms. The summed E-state index contributed by atoms with van der Waals surface area (Å²) >= 11 is 3.61. The van der Waals surface area contributed by atoms with Gasteiger partial charge in [-0.3, -0.25) is 0 Å². The summed E-state index contributed by atoms with van der Waals surface area (Å²) in [5, 5.41) is 3.17.